The molecule has 0 bridgehead atoms. The zero-order chi connectivity index (χ0) is 29.3. The molecule has 0 unspecified atom stereocenters. The van der Waals surface area contributed by atoms with Gasteiger partial charge in [-0.15, -0.1) is 10.2 Å². The highest BCUT2D eigenvalue weighted by Gasteiger charge is 2.21. The first-order chi connectivity index (χ1) is 20.6. The molecule has 0 radical (unpaired) electrons. The predicted octanol–water partition coefficient (Wildman–Crippen LogP) is 5.87. The fourth-order valence-electron chi connectivity index (χ4n) is 4.30. The van der Waals surface area contributed by atoms with Crippen molar-refractivity contribution in [3.63, 3.8) is 0 Å². The van der Waals surface area contributed by atoms with Gasteiger partial charge in [0.15, 0.2) is 22.5 Å². The summed E-state index contributed by atoms with van der Waals surface area (Å²) in [5, 5.41) is 13.5. The fraction of sp³-hybridized carbons (Fsp3) is 0.125. The Morgan fingerprint density at radius 2 is 1.43 bits per heavy atom. The van der Waals surface area contributed by atoms with Crippen LogP contribution in [0.3, 0.4) is 0 Å². The first kappa shape index (κ1) is 28.4. The van der Waals surface area contributed by atoms with Gasteiger partial charge < -0.3 is 14.2 Å². The van der Waals surface area contributed by atoms with E-state index in [-0.39, 0.29) is 11.7 Å². The van der Waals surface area contributed by atoms with E-state index in [1.807, 2.05) is 89.5 Å². The number of nitrogens with zero attached hydrogens (tertiary/aromatic N) is 4. The second-order valence-corrected chi connectivity index (χ2v) is 9.90. The molecule has 0 aliphatic carbocycles. The van der Waals surface area contributed by atoms with Crippen LogP contribution >= 0.6 is 11.8 Å². The Morgan fingerprint density at radius 1 is 0.810 bits per heavy atom. The maximum Gasteiger partial charge on any atom is 0.250 e. The molecule has 5 aromatic rings. The minimum absolute atomic E-state index is 0.0878. The Kier molecular flexibility index (Phi) is 9.15. The van der Waals surface area contributed by atoms with Crippen LogP contribution in [0.25, 0.3) is 28.2 Å². The minimum atomic E-state index is -0.269. The molecule has 4 aromatic carbocycles. The zero-order valence-corrected chi connectivity index (χ0v) is 24.2. The monoisotopic (exact) mass is 579 g/mol. The van der Waals surface area contributed by atoms with Crippen LogP contribution in [0.5, 0.6) is 17.2 Å². The average Bonchev–Trinajstić information content (AvgIpc) is 3.48. The number of nitrogens with one attached hydrogen (secondary N) is 1. The van der Waals surface area contributed by atoms with E-state index in [2.05, 4.69) is 32.9 Å². The molecular formula is C32H29N5O4S. The van der Waals surface area contributed by atoms with Crippen molar-refractivity contribution in [1.82, 2.24) is 20.2 Å². The van der Waals surface area contributed by atoms with E-state index in [0.717, 1.165) is 22.4 Å². The minimum Gasteiger partial charge on any atom is -0.493 e. The Bertz CT molecular complexity index is 1650. The van der Waals surface area contributed by atoms with E-state index < -0.39 is 0 Å². The summed E-state index contributed by atoms with van der Waals surface area (Å²) in [7, 11) is 4.67. The molecule has 1 aromatic heterocycles. The first-order valence-electron chi connectivity index (χ1n) is 13.0. The second-order valence-electron chi connectivity index (χ2n) is 8.96. The van der Waals surface area contributed by atoms with Crippen LogP contribution in [0.4, 0.5) is 0 Å². The molecule has 5 rings (SSSR count). The summed E-state index contributed by atoms with van der Waals surface area (Å²) in [6.07, 6.45) is 1.62. The van der Waals surface area contributed by atoms with Gasteiger partial charge in [0.2, 0.25) is 5.75 Å². The molecular weight excluding hydrogens is 550 g/mol. The maximum absolute atomic E-state index is 12.7. The molecule has 0 aliphatic heterocycles. The number of carbonyl (C=O) groups is 1. The molecule has 10 heteroatoms. The van der Waals surface area contributed by atoms with Crippen LogP contribution in [0, 0.1) is 0 Å². The molecule has 0 atom stereocenters. The van der Waals surface area contributed by atoms with Crippen molar-refractivity contribution in [3.8, 4) is 45.5 Å². The summed E-state index contributed by atoms with van der Waals surface area (Å²) in [6.45, 7) is 0. The summed E-state index contributed by atoms with van der Waals surface area (Å²) >= 11 is 1.26. The third-order valence-corrected chi connectivity index (χ3v) is 7.25. The van der Waals surface area contributed by atoms with Crippen molar-refractivity contribution in [2.24, 2.45) is 5.10 Å². The van der Waals surface area contributed by atoms with Crippen molar-refractivity contribution < 1.29 is 19.0 Å². The summed E-state index contributed by atoms with van der Waals surface area (Å²) in [6, 6.07) is 31.4. The number of aromatic nitrogens is 3. The SMILES string of the molecule is COc1cc(-c2nnc(SCC(=O)N/N=C/c3ccc(-c4ccccc4)cc3)n2-c2ccccc2)cc(OC)c1OC. The van der Waals surface area contributed by atoms with Crippen molar-refractivity contribution in [2.75, 3.05) is 27.1 Å². The van der Waals surface area contributed by atoms with Gasteiger partial charge >= 0.3 is 0 Å². The van der Waals surface area contributed by atoms with Crippen molar-refractivity contribution >= 4 is 23.9 Å². The smallest absolute Gasteiger partial charge is 0.250 e. The number of thioether (sulfide) groups is 1. The number of hydrogen-bond acceptors (Lipinski definition) is 8. The summed E-state index contributed by atoms with van der Waals surface area (Å²) in [5.41, 5.74) is 7.27. The Morgan fingerprint density at radius 3 is 2.05 bits per heavy atom. The zero-order valence-electron chi connectivity index (χ0n) is 23.4. The number of para-hydroxylation sites is 1. The lowest BCUT2D eigenvalue weighted by atomic mass is 10.0. The van der Waals surface area contributed by atoms with Crippen LogP contribution in [0.15, 0.2) is 107 Å². The molecule has 0 saturated heterocycles. The van der Waals surface area contributed by atoms with Gasteiger partial charge in [-0.25, -0.2) is 5.43 Å². The first-order valence-corrected chi connectivity index (χ1v) is 14.0. The molecule has 0 fully saturated rings. The number of hydrazone groups is 1. The predicted molar refractivity (Wildman–Crippen MR) is 165 cm³/mol. The number of benzene rings is 4. The van der Waals surface area contributed by atoms with E-state index in [4.69, 9.17) is 14.2 Å². The highest BCUT2D eigenvalue weighted by atomic mass is 32.2. The summed E-state index contributed by atoms with van der Waals surface area (Å²) < 4.78 is 18.4. The Labute approximate surface area is 248 Å². The van der Waals surface area contributed by atoms with Gasteiger partial charge in [0.1, 0.15) is 0 Å². The van der Waals surface area contributed by atoms with Gasteiger partial charge in [0, 0.05) is 11.3 Å². The molecule has 212 valence electrons. The molecule has 42 heavy (non-hydrogen) atoms. The number of hydrogen-bond donors (Lipinski definition) is 1. The van der Waals surface area contributed by atoms with Crippen LogP contribution in [0.2, 0.25) is 0 Å². The van der Waals surface area contributed by atoms with Crippen LogP contribution < -0.4 is 19.6 Å². The van der Waals surface area contributed by atoms with E-state index in [9.17, 15) is 4.79 Å². The highest BCUT2D eigenvalue weighted by Crippen LogP contribution is 2.41. The molecule has 1 amide bonds. The Balaban J connectivity index is 1.31. The number of ether oxygens (including phenoxy) is 3. The van der Waals surface area contributed by atoms with Gasteiger partial charge in [-0.1, -0.05) is 84.6 Å². The van der Waals surface area contributed by atoms with Gasteiger partial charge in [0.25, 0.3) is 5.91 Å². The molecule has 1 heterocycles. The van der Waals surface area contributed by atoms with Crippen LogP contribution in [0.1, 0.15) is 5.56 Å². The van der Waals surface area contributed by atoms with Gasteiger partial charge in [0.05, 0.1) is 33.3 Å². The number of rotatable bonds is 11. The van der Waals surface area contributed by atoms with Crippen molar-refractivity contribution in [1.29, 1.82) is 0 Å². The lowest BCUT2D eigenvalue weighted by molar-refractivity contribution is -0.118. The van der Waals surface area contributed by atoms with Crippen molar-refractivity contribution in [3.05, 3.63) is 103 Å². The van der Waals surface area contributed by atoms with Crippen molar-refractivity contribution in [2.45, 2.75) is 5.16 Å². The van der Waals surface area contributed by atoms with Gasteiger partial charge in [-0.05, 0) is 41.0 Å². The normalized spacial score (nSPS) is 10.9. The van der Waals surface area contributed by atoms with Gasteiger partial charge in [-0.2, -0.15) is 5.10 Å². The molecule has 0 aliphatic rings. The lowest BCUT2D eigenvalue weighted by Crippen LogP contribution is -2.20. The number of amides is 1. The van der Waals surface area contributed by atoms with E-state index in [1.165, 1.54) is 11.8 Å². The van der Waals surface area contributed by atoms with Crippen LogP contribution in [-0.2, 0) is 4.79 Å². The fourth-order valence-corrected chi connectivity index (χ4v) is 5.05. The average molecular weight is 580 g/mol. The highest BCUT2D eigenvalue weighted by molar-refractivity contribution is 7.99. The van der Waals surface area contributed by atoms with E-state index >= 15 is 0 Å². The quantitative estimate of drug-likeness (QED) is 0.119. The molecule has 1 N–H and O–H groups in total. The standard InChI is InChI=1S/C32H29N5O4S/c1-39-27-18-25(19-28(40-2)30(27)41-3)31-35-36-32(37(31)26-12-8-5-9-13-26)42-21-29(38)34-33-20-22-14-16-24(17-15-22)23-10-6-4-7-11-23/h4-20H,21H2,1-3H3,(H,34,38)/b33-20+. The second kappa shape index (κ2) is 13.5. The molecule has 0 spiro atoms. The largest absolute Gasteiger partial charge is 0.493 e. The third-order valence-electron chi connectivity index (χ3n) is 6.32. The van der Waals surface area contributed by atoms with E-state index in [1.54, 1.807) is 27.5 Å². The molecule has 9 nitrogen and oxygen atoms in total. The summed E-state index contributed by atoms with van der Waals surface area (Å²) in [5.74, 6) is 1.85. The van der Waals surface area contributed by atoms with E-state index in [0.29, 0.717) is 33.8 Å². The number of methoxy groups -OCH3 is 3. The number of carbonyl (C=O) groups excluding carboxylic acids is 1. The van der Waals surface area contributed by atoms with Gasteiger partial charge in [-0.3, -0.25) is 9.36 Å². The summed E-state index contributed by atoms with van der Waals surface area (Å²) in [4.78, 5) is 12.7. The topological polar surface area (TPSA) is 99.9 Å². The lowest BCUT2D eigenvalue weighted by Gasteiger charge is -2.15. The molecule has 0 saturated carbocycles. The maximum atomic E-state index is 12.7. The van der Waals surface area contributed by atoms with Crippen LogP contribution in [-0.4, -0.2) is 54.0 Å². The Hall–Kier alpha value is -5.09. The third kappa shape index (κ3) is 6.45.